The van der Waals surface area contributed by atoms with E-state index in [1.54, 1.807) is 13.8 Å². The van der Waals surface area contributed by atoms with Gasteiger partial charge in [-0.05, 0) is 38.5 Å². The van der Waals surface area contributed by atoms with Crippen molar-refractivity contribution in [2.75, 3.05) is 13.2 Å². The molecule has 0 aromatic heterocycles. The van der Waals surface area contributed by atoms with Crippen molar-refractivity contribution in [3.8, 4) is 0 Å². The molecule has 0 amide bonds. The third-order valence-electron chi connectivity index (χ3n) is 3.77. The van der Waals surface area contributed by atoms with Gasteiger partial charge in [-0.3, -0.25) is 9.59 Å². The molecular weight excluding hydrogens is 280 g/mol. The lowest BCUT2D eigenvalue weighted by Crippen LogP contribution is -2.33. The first kappa shape index (κ1) is 20.9. The minimum Gasteiger partial charge on any atom is -0.466 e. The van der Waals surface area contributed by atoms with Crippen LogP contribution in [0.5, 0.6) is 0 Å². The van der Waals surface area contributed by atoms with Crippen LogP contribution < -0.4 is 0 Å². The van der Waals surface area contributed by atoms with Gasteiger partial charge in [0.15, 0.2) is 0 Å². The summed E-state index contributed by atoms with van der Waals surface area (Å²) < 4.78 is 10.4. The Morgan fingerprint density at radius 1 is 0.682 bits per heavy atom. The Hall–Kier alpha value is -1.06. The van der Waals surface area contributed by atoms with Crippen LogP contribution in [0.3, 0.4) is 0 Å². The molecule has 0 aliphatic carbocycles. The Bertz CT molecular complexity index is 291. The lowest BCUT2D eigenvalue weighted by Gasteiger charge is -2.25. The van der Waals surface area contributed by atoms with Gasteiger partial charge < -0.3 is 9.47 Å². The molecule has 0 aliphatic heterocycles. The van der Waals surface area contributed by atoms with Crippen molar-refractivity contribution in [1.29, 1.82) is 0 Å². The highest BCUT2D eigenvalue weighted by molar-refractivity contribution is 5.82. The van der Waals surface area contributed by atoms with Crippen molar-refractivity contribution in [2.24, 2.45) is 23.7 Å². The molecule has 2 atom stereocenters. The molecular formula is C18H34O4. The molecule has 0 aliphatic rings. The van der Waals surface area contributed by atoms with Crippen LogP contribution in [-0.2, 0) is 19.1 Å². The molecule has 0 aromatic carbocycles. The molecule has 0 heterocycles. The molecule has 2 unspecified atom stereocenters. The van der Waals surface area contributed by atoms with E-state index in [-0.39, 0.29) is 23.8 Å². The monoisotopic (exact) mass is 314 g/mol. The van der Waals surface area contributed by atoms with E-state index in [4.69, 9.17) is 9.47 Å². The molecule has 0 bridgehead atoms. The smallest absolute Gasteiger partial charge is 0.309 e. The number of hydrogen-bond acceptors (Lipinski definition) is 4. The van der Waals surface area contributed by atoms with Crippen LogP contribution in [0.2, 0.25) is 0 Å². The van der Waals surface area contributed by atoms with E-state index in [0.717, 1.165) is 12.8 Å². The maximum Gasteiger partial charge on any atom is 0.309 e. The lowest BCUT2D eigenvalue weighted by atomic mass is 9.82. The van der Waals surface area contributed by atoms with Crippen LogP contribution in [0.1, 0.15) is 67.2 Å². The van der Waals surface area contributed by atoms with E-state index in [1.807, 2.05) is 0 Å². The van der Waals surface area contributed by atoms with Crippen molar-refractivity contribution in [3.63, 3.8) is 0 Å². The van der Waals surface area contributed by atoms with Crippen LogP contribution in [-0.4, -0.2) is 25.2 Å². The van der Waals surface area contributed by atoms with Gasteiger partial charge in [0, 0.05) is 0 Å². The van der Waals surface area contributed by atoms with Crippen molar-refractivity contribution >= 4 is 11.9 Å². The normalized spacial score (nSPS) is 14.0. The Labute approximate surface area is 135 Å². The SMILES string of the molecule is CCOC(=O)C(CCC(C)C)C(CCC(C)C)C(=O)OCC. The fourth-order valence-corrected chi connectivity index (χ4v) is 2.49. The van der Waals surface area contributed by atoms with Gasteiger partial charge in [-0.1, -0.05) is 40.5 Å². The summed E-state index contributed by atoms with van der Waals surface area (Å²) in [6.07, 6.45) is 3.16. The summed E-state index contributed by atoms with van der Waals surface area (Å²) in [6, 6.07) is 0. The molecule has 0 saturated heterocycles. The Morgan fingerprint density at radius 2 is 1.00 bits per heavy atom. The molecule has 0 saturated carbocycles. The van der Waals surface area contributed by atoms with Gasteiger partial charge in [0.05, 0.1) is 25.0 Å². The van der Waals surface area contributed by atoms with Crippen LogP contribution in [0.4, 0.5) is 0 Å². The molecule has 4 heteroatoms. The summed E-state index contributed by atoms with van der Waals surface area (Å²) in [5.74, 6) is -0.315. The zero-order valence-corrected chi connectivity index (χ0v) is 15.2. The first-order chi connectivity index (χ1) is 10.3. The zero-order chi connectivity index (χ0) is 17.1. The van der Waals surface area contributed by atoms with E-state index in [9.17, 15) is 9.59 Å². The second-order valence-electron chi connectivity index (χ2n) is 6.66. The first-order valence-corrected chi connectivity index (χ1v) is 8.66. The number of rotatable bonds is 11. The first-order valence-electron chi connectivity index (χ1n) is 8.66. The Morgan fingerprint density at radius 3 is 1.23 bits per heavy atom. The molecule has 0 aromatic rings. The topological polar surface area (TPSA) is 52.6 Å². The molecule has 0 N–H and O–H groups in total. The summed E-state index contributed by atoms with van der Waals surface area (Å²) in [6.45, 7) is 12.8. The summed E-state index contributed by atoms with van der Waals surface area (Å²) in [5.41, 5.74) is 0. The minimum atomic E-state index is -0.389. The molecule has 22 heavy (non-hydrogen) atoms. The summed E-state index contributed by atoms with van der Waals surface area (Å²) in [4.78, 5) is 24.6. The molecule has 0 rings (SSSR count). The molecule has 0 radical (unpaired) electrons. The maximum absolute atomic E-state index is 12.3. The zero-order valence-electron chi connectivity index (χ0n) is 15.2. The van der Waals surface area contributed by atoms with Gasteiger partial charge >= 0.3 is 11.9 Å². The van der Waals surface area contributed by atoms with E-state index in [0.29, 0.717) is 37.9 Å². The number of hydrogen-bond donors (Lipinski definition) is 0. The molecule has 4 nitrogen and oxygen atoms in total. The Balaban J connectivity index is 5.11. The van der Waals surface area contributed by atoms with Crippen LogP contribution >= 0.6 is 0 Å². The number of ether oxygens (including phenoxy) is 2. The van der Waals surface area contributed by atoms with Crippen molar-refractivity contribution < 1.29 is 19.1 Å². The maximum atomic E-state index is 12.3. The van der Waals surface area contributed by atoms with Crippen LogP contribution in [0.15, 0.2) is 0 Å². The Kier molecular flexibility index (Phi) is 10.9. The second kappa shape index (κ2) is 11.5. The van der Waals surface area contributed by atoms with Crippen molar-refractivity contribution in [1.82, 2.24) is 0 Å². The summed E-state index contributed by atoms with van der Waals surface area (Å²) in [7, 11) is 0. The van der Waals surface area contributed by atoms with E-state index in [2.05, 4.69) is 27.7 Å². The van der Waals surface area contributed by atoms with Gasteiger partial charge in [-0.15, -0.1) is 0 Å². The van der Waals surface area contributed by atoms with E-state index >= 15 is 0 Å². The summed E-state index contributed by atoms with van der Waals surface area (Å²) in [5, 5.41) is 0. The average Bonchev–Trinajstić information content (AvgIpc) is 2.42. The molecule has 130 valence electrons. The van der Waals surface area contributed by atoms with Gasteiger partial charge in [0.25, 0.3) is 0 Å². The number of esters is 2. The predicted molar refractivity (Wildman–Crippen MR) is 88.4 cm³/mol. The van der Waals surface area contributed by atoms with Crippen LogP contribution in [0.25, 0.3) is 0 Å². The van der Waals surface area contributed by atoms with Gasteiger partial charge in [-0.25, -0.2) is 0 Å². The summed E-state index contributed by atoms with van der Waals surface area (Å²) >= 11 is 0. The number of carbonyl (C=O) groups excluding carboxylic acids is 2. The predicted octanol–water partition coefficient (Wildman–Crippen LogP) is 4.22. The van der Waals surface area contributed by atoms with Crippen molar-refractivity contribution in [2.45, 2.75) is 67.2 Å². The van der Waals surface area contributed by atoms with E-state index in [1.165, 1.54) is 0 Å². The van der Waals surface area contributed by atoms with E-state index < -0.39 is 0 Å². The molecule has 0 spiro atoms. The highest BCUT2D eigenvalue weighted by Gasteiger charge is 2.35. The largest absolute Gasteiger partial charge is 0.466 e. The van der Waals surface area contributed by atoms with Gasteiger partial charge in [0.2, 0.25) is 0 Å². The number of carbonyl (C=O) groups is 2. The average molecular weight is 314 g/mol. The highest BCUT2D eigenvalue weighted by atomic mass is 16.5. The van der Waals surface area contributed by atoms with Crippen molar-refractivity contribution in [3.05, 3.63) is 0 Å². The standard InChI is InChI=1S/C18H34O4/c1-7-21-17(19)15(11-9-13(3)4)16(12-10-14(5)6)18(20)22-8-2/h13-16H,7-12H2,1-6H3. The van der Waals surface area contributed by atoms with Gasteiger partial charge in [0.1, 0.15) is 0 Å². The fraction of sp³-hybridized carbons (Fsp3) is 0.889. The molecule has 0 fully saturated rings. The third-order valence-corrected chi connectivity index (χ3v) is 3.77. The third kappa shape index (κ3) is 8.40. The fourth-order valence-electron chi connectivity index (χ4n) is 2.49. The van der Waals surface area contributed by atoms with Crippen LogP contribution in [0, 0.1) is 23.7 Å². The highest BCUT2D eigenvalue weighted by Crippen LogP contribution is 2.28. The lowest BCUT2D eigenvalue weighted by molar-refractivity contribution is -0.161. The minimum absolute atomic E-state index is 0.259. The second-order valence-corrected chi connectivity index (χ2v) is 6.66. The van der Waals surface area contributed by atoms with Gasteiger partial charge in [-0.2, -0.15) is 0 Å². The quantitative estimate of drug-likeness (QED) is 0.536.